The molecule has 1 fully saturated rings. The molecule has 0 saturated carbocycles. The van der Waals surface area contributed by atoms with Gasteiger partial charge in [0.25, 0.3) is 0 Å². The molecule has 6 nitrogen and oxygen atoms in total. The number of hydrogen-bond donors (Lipinski definition) is 0. The monoisotopic (exact) mass is 331 g/mol. The number of amides is 1. The Morgan fingerprint density at radius 2 is 1.83 bits per heavy atom. The van der Waals surface area contributed by atoms with E-state index in [1.165, 1.54) is 30.2 Å². The van der Waals surface area contributed by atoms with Crippen LogP contribution in [0.5, 0.6) is 0 Å². The van der Waals surface area contributed by atoms with E-state index in [-0.39, 0.29) is 5.91 Å². The SMILES string of the molecule is Cc1ccc(-n2nnnc2SCC(=O)N2CCCCCC2)cc1. The van der Waals surface area contributed by atoms with Crippen molar-refractivity contribution < 1.29 is 4.79 Å². The number of carbonyl (C=O) groups excluding carboxylic acids is 1. The van der Waals surface area contributed by atoms with Gasteiger partial charge in [-0.3, -0.25) is 4.79 Å². The van der Waals surface area contributed by atoms with Crippen LogP contribution in [0.1, 0.15) is 31.2 Å². The predicted molar refractivity (Wildman–Crippen MR) is 89.7 cm³/mol. The minimum Gasteiger partial charge on any atom is -0.342 e. The van der Waals surface area contributed by atoms with Crippen molar-refractivity contribution >= 4 is 17.7 Å². The van der Waals surface area contributed by atoms with Crippen LogP contribution in [0.25, 0.3) is 5.69 Å². The summed E-state index contributed by atoms with van der Waals surface area (Å²) in [6, 6.07) is 8.00. The fraction of sp³-hybridized carbons (Fsp3) is 0.500. The topological polar surface area (TPSA) is 63.9 Å². The number of hydrogen-bond acceptors (Lipinski definition) is 5. The molecule has 0 radical (unpaired) electrons. The van der Waals surface area contributed by atoms with Gasteiger partial charge in [0.1, 0.15) is 0 Å². The number of rotatable bonds is 4. The maximum atomic E-state index is 12.4. The van der Waals surface area contributed by atoms with Gasteiger partial charge < -0.3 is 4.90 Å². The van der Waals surface area contributed by atoms with Gasteiger partial charge in [-0.05, 0) is 42.3 Å². The molecule has 0 bridgehead atoms. The zero-order chi connectivity index (χ0) is 16.1. The summed E-state index contributed by atoms with van der Waals surface area (Å²) in [7, 11) is 0. The van der Waals surface area contributed by atoms with Crippen molar-refractivity contribution in [1.82, 2.24) is 25.1 Å². The molecule has 1 saturated heterocycles. The van der Waals surface area contributed by atoms with Crippen molar-refractivity contribution in [3.05, 3.63) is 29.8 Å². The van der Waals surface area contributed by atoms with E-state index in [0.717, 1.165) is 31.6 Å². The lowest BCUT2D eigenvalue weighted by Crippen LogP contribution is -2.33. The van der Waals surface area contributed by atoms with E-state index in [4.69, 9.17) is 0 Å². The van der Waals surface area contributed by atoms with Gasteiger partial charge >= 0.3 is 0 Å². The molecule has 0 aliphatic carbocycles. The number of aryl methyl sites for hydroxylation is 1. The van der Waals surface area contributed by atoms with Crippen molar-refractivity contribution in [2.45, 2.75) is 37.8 Å². The molecule has 0 unspecified atom stereocenters. The highest BCUT2D eigenvalue weighted by atomic mass is 32.2. The van der Waals surface area contributed by atoms with Crippen LogP contribution in [-0.4, -0.2) is 49.9 Å². The first kappa shape index (κ1) is 16.0. The summed E-state index contributed by atoms with van der Waals surface area (Å²) in [6.45, 7) is 3.80. The Morgan fingerprint density at radius 1 is 1.13 bits per heavy atom. The minimum atomic E-state index is 0.176. The molecule has 1 aliphatic rings. The van der Waals surface area contributed by atoms with Crippen LogP contribution in [0, 0.1) is 6.92 Å². The Labute approximate surface area is 140 Å². The zero-order valence-corrected chi connectivity index (χ0v) is 14.1. The van der Waals surface area contributed by atoms with Gasteiger partial charge in [-0.25, -0.2) is 0 Å². The summed E-state index contributed by atoms with van der Waals surface area (Å²) >= 11 is 1.40. The normalized spacial score (nSPS) is 15.4. The van der Waals surface area contributed by atoms with Crippen LogP contribution in [0.4, 0.5) is 0 Å². The fourth-order valence-electron chi connectivity index (χ4n) is 2.65. The summed E-state index contributed by atoms with van der Waals surface area (Å²) in [5.41, 5.74) is 2.10. The third-order valence-electron chi connectivity index (χ3n) is 4.00. The average Bonchev–Trinajstić information content (AvgIpc) is 2.86. The van der Waals surface area contributed by atoms with E-state index in [2.05, 4.69) is 15.5 Å². The quantitative estimate of drug-likeness (QED) is 0.805. The molecule has 122 valence electrons. The van der Waals surface area contributed by atoms with Gasteiger partial charge in [0.15, 0.2) is 0 Å². The van der Waals surface area contributed by atoms with E-state index in [9.17, 15) is 4.79 Å². The van der Waals surface area contributed by atoms with E-state index in [1.807, 2.05) is 36.1 Å². The molecule has 1 aliphatic heterocycles. The highest BCUT2D eigenvalue weighted by molar-refractivity contribution is 7.99. The predicted octanol–water partition coefficient (Wildman–Crippen LogP) is 2.47. The second kappa shape index (κ2) is 7.59. The lowest BCUT2D eigenvalue weighted by molar-refractivity contribution is -0.128. The Balaban J connectivity index is 1.63. The third kappa shape index (κ3) is 4.10. The van der Waals surface area contributed by atoms with Gasteiger partial charge in [-0.2, -0.15) is 4.68 Å². The molecule has 2 aromatic rings. The molecule has 1 aromatic heterocycles. The van der Waals surface area contributed by atoms with Crippen molar-refractivity contribution in [3.8, 4) is 5.69 Å². The number of benzene rings is 1. The molecule has 1 amide bonds. The van der Waals surface area contributed by atoms with Crippen LogP contribution in [0.3, 0.4) is 0 Å². The summed E-state index contributed by atoms with van der Waals surface area (Å²) in [6.07, 6.45) is 4.67. The molecular formula is C16H21N5OS. The molecule has 3 rings (SSSR count). The standard InChI is InChI=1S/C16H21N5OS/c1-13-6-8-14(9-7-13)21-16(17-18-19-21)23-12-15(22)20-10-4-2-3-5-11-20/h6-9H,2-5,10-12H2,1H3. The Kier molecular flexibility index (Phi) is 5.27. The van der Waals surface area contributed by atoms with Gasteiger partial charge in [0.05, 0.1) is 11.4 Å². The van der Waals surface area contributed by atoms with Crippen LogP contribution in [0.15, 0.2) is 29.4 Å². The molecule has 2 heterocycles. The van der Waals surface area contributed by atoms with Crippen molar-refractivity contribution in [1.29, 1.82) is 0 Å². The van der Waals surface area contributed by atoms with Crippen molar-refractivity contribution in [2.75, 3.05) is 18.8 Å². The van der Waals surface area contributed by atoms with Crippen molar-refractivity contribution in [3.63, 3.8) is 0 Å². The lowest BCUT2D eigenvalue weighted by Gasteiger charge is -2.19. The van der Waals surface area contributed by atoms with Crippen LogP contribution in [0.2, 0.25) is 0 Å². The first-order chi connectivity index (χ1) is 11.2. The zero-order valence-electron chi connectivity index (χ0n) is 13.3. The molecule has 1 aromatic carbocycles. The smallest absolute Gasteiger partial charge is 0.233 e. The summed E-state index contributed by atoms with van der Waals surface area (Å²) in [5.74, 6) is 0.557. The minimum absolute atomic E-state index is 0.176. The average molecular weight is 331 g/mol. The van der Waals surface area contributed by atoms with E-state index in [1.54, 1.807) is 4.68 Å². The first-order valence-corrected chi connectivity index (χ1v) is 8.98. The van der Waals surface area contributed by atoms with Gasteiger partial charge in [0, 0.05) is 13.1 Å². The lowest BCUT2D eigenvalue weighted by atomic mass is 10.2. The fourth-order valence-corrected chi connectivity index (χ4v) is 3.45. The van der Waals surface area contributed by atoms with Gasteiger partial charge in [-0.15, -0.1) is 5.10 Å². The van der Waals surface area contributed by atoms with Gasteiger partial charge in [0.2, 0.25) is 11.1 Å². The summed E-state index contributed by atoms with van der Waals surface area (Å²) in [5, 5.41) is 12.5. The summed E-state index contributed by atoms with van der Waals surface area (Å²) < 4.78 is 1.68. The number of thioether (sulfide) groups is 1. The first-order valence-electron chi connectivity index (χ1n) is 8.00. The van der Waals surface area contributed by atoms with E-state index in [0.29, 0.717) is 10.9 Å². The maximum Gasteiger partial charge on any atom is 0.233 e. The number of nitrogens with zero attached hydrogens (tertiary/aromatic N) is 5. The van der Waals surface area contributed by atoms with Crippen LogP contribution < -0.4 is 0 Å². The number of aromatic nitrogens is 4. The highest BCUT2D eigenvalue weighted by Crippen LogP contribution is 2.20. The Bertz CT molecular complexity index is 647. The molecular weight excluding hydrogens is 310 g/mol. The third-order valence-corrected chi connectivity index (χ3v) is 4.91. The van der Waals surface area contributed by atoms with Crippen LogP contribution in [-0.2, 0) is 4.79 Å². The van der Waals surface area contributed by atoms with Crippen LogP contribution >= 0.6 is 11.8 Å². The summed E-state index contributed by atoms with van der Waals surface area (Å²) in [4.78, 5) is 14.3. The Morgan fingerprint density at radius 3 is 2.52 bits per heavy atom. The number of tetrazole rings is 1. The van der Waals surface area contributed by atoms with E-state index < -0.39 is 0 Å². The molecule has 23 heavy (non-hydrogen) atoms. The van der Waals surface area contributed by atoms with Gasteiger partial charge in [-0.1, -0.05) is 42.3 Å². The van der Waals surface area contributed by atoms with E-state index >= 15 is 0 Å². The molecule has 0 N–H and O–H groups in total. The second-order valence-corrected chi connectivity index (χ2v) is 6.73. The molecule has 0 spiro atoms. The van der Waals surface area contributed by atoms with Crippen molar-refractivity contribution in [2.24, 2.45) is 0 Å². The second-order valence-electron chi connectivity index (χ2n) is 5.79. The largest absolute Gasteiger partial charge is 0.342 e. The maximum absolute atomic E-state index is 12.4. The number of likely N-dealkylation sites (tertiary alicyclic amines) is 1. The highest BCUT2D eigenvalue weighted by Gasteiger charge is 2.17. The number of carbonyl (C=O) groups is 1. The Hall–Kier alpha value is -1.89. The molecule has 0 atom stereocenters. The molecule has 7 heteroatoms.